The molecular formula is C23H42N4O3. The smallest absolute Gasteiger partial charge is 0.225 e. The van der Waals surface area contributed by atoms with Crippen molar-refractivity contribution in [1.82, 2.24) is 20.9 Å². The van der Waals surface area contributed by atoms with Gasteiger partial charge >= 0.3 is 0 Å². The van der Waals surface area contributed by atoms with Crippen molar-refractivity contribution in [2.75, 3.05) is 46.5 Å². The van der Waals surface area contributed by atoms with Crippen LogP contribution in [0.1, 0.15) is 57.8 Å². The Labute approximate surface area is 182 Å². The summed E-state index contributed by atoms with van der Waals surface area (Å²) in [6.07, 6.45) is 10.9. The van der Waals surface area contributed by atoms with Crippen LogP contribution in [0.15, 0.2) is 0 Å². The largest absolute Gasteiger partial charge is 0.381 e. The number of ether oxygens (including phenoxy) is 2. The maximum Gasteiger partial charge on any atom is 0.225 e. The average molecular weight is 423 g/mol. The topological polar surface area (TPSA) is 74.9 Å². The molecule has 2 aliphatic heterocycles. The number of hydrogen-bond acceptors (Lipinski definition) is 6. The normalized spacial score (nSPS) is 38.8. The summed E-state index contributed by atoms with van der Waals surface area (Å²) in [5, 5.41) is 11.1. The van der Waals surface area contributed by atoms with Gasteiger partial charge in [-0.05, 0) is 63.2 Å². The van der Waals surface area contributed by atoms with Crippen LogP contribution < -0.4 is 16.0 Å². The molecule has 2 heterocycles. The highest BCUT2D eigenvalue weighted by molar-refractivity contribution is 5.79. The van der Waals surface area contributed by atoms with E-state index in [0.717, 1.165) is 70.8 Å². The standard InChI is InChI=1S/C23H42N4O3/c1-29-21-8-6-17(7-9-21)19-15-24-23(25-16-19)26-20-5-2-4-18(14-20)22(28)27-10-3-12-30-13-11-27/h17-21,23-26H,2-16H2,1H3. The molecule has 2 unspecified atom stereocenters. The Kier molecular flexibility index (Phi) is 8.41. The van der Waals surface area contributed by atoms with E-state index in [0.29, 0.717) is 30.6 Å². The van der Waals surface area contributed by atoms with Gasteiger partial charge in [-0.25, -0.2) is 0 Å². The molecule has 2 saturated carbocycles. The third kappa shape index (κ3) is 5.94. The minimum atomic E-state index is 0.168. The lowest BCUT2D eigenvalue weighted by atomic mass is 9.78. The lowest BCUT2D eigenvalue weighted by Gasteiger charge is -2.41. The van der Waals surface area contributed by atoms with E-state index in [1.165, 1.54) is 25.7 Å². The zero-order valence-corrected chi connectivity index (χ0v) is 18.7. The van der Waals surface area contributed by atoms with E-state index >= 15 is 0 Å². The molecule has 2 saturated heterocycles. The molecular weight excluding hydrogens is 380 g/mol. The van der Waals surface area contributed by atoms with E-state index in [2.05, 4.69) is 16.0 Å². The monoisotopic (exact) mass is 422 g/mol. The molecule has 0 aromatic rings. The number of nitrogens with one attached hydrogen (secondary N) is 3. The summed E-state index contributed by atoms with van der Waals surface area (Å²) in [6.45, 7) is 5.24. The lowest BCUT2D eigenvalue weighted by Crippen LogP contribution is -2.63. The van der Waals surface area contributed by atoms with Gasteiger partial charge in [-0.15, -0.1) is 0 Å². The molecule has 7 nitrogen and oxygen atoms in total. The van der Waals surface area contributed by atoms with Crippen molar-refractivity contribution < 1.29 is 14.3 Å². The first-order valence-electron chi connectivity index (χ1n) is 12.3. The SMILES string of the molecule is COC1CCC(C2CNC(NC3CCCC(C(=O)N4CCCOCC4)C3)NC2)CC1. The number of amides is 1. The van der Waals surface area contributed by atoms with Crippen LogP contribution in [0.4, 0.5) is 0 Å². The highest BCUT2D eigenvalue weighted by Crippen LogP contribution is 2.32. The molecule has 1 amide bonds. The Balaban J connectivity index is 1.19. The first-order valence-corrected chi connectivity index (χ1v) is 12.3. The van der Waals surface area contributed by atoms with Gasteiger partial charge in [-0.3, -0.25) is 20.7 Å². The Morgan fingerprint density at radius 1 is 0.967 bits per heavy atom. The zero-order valence-electron chi connectivity index (χ0n) is 18.7. The third-order valence-electron chi connectivity index (χ3n) is 7.85. The molecule has 3 N–H and O–H groups in total. The molecule has 0 aromatic carbocycles. The van der Waals surface area contributed by atoms with Crippen LogP contribution in [-0.4, -0.2) is 75.7 Å². The Morgan fingerprint density at radius 3 is 2.53 bits per heavy atom. The van der Waals surface area contributed by atoms with Crippen molar-refractivity contribution in [3.8, 4) is 0 Å². The Morgan fingerprint density at radius 2 is 1.77 bits per heavy atom. The van der Waals surface area contributed by atoms with E-state index < -0.39 is 0 Å². The fraction of sp³-hybridized carbons (Fsp3) is 0.957. The maximum absolute atomic E-state index is 13.0. The molecule has 172 valence electrons. The molecule has 0 bridgehead atoms. The number of carbonyl (C=O) groups excluding carboxylic acids is 1. The van der Waals surface area contributed by atoms with Gasteiger partial charge in [-0.1, -0.05) is 6.42 Å². The maximum atomic E-state index is 13.0. The van der Waals surface area contributed by atoms with Gasteiger partial charge in [0, 0.05) is 51.9 Å². The van der Waals surface area contributed by atoms with Crippen molar-refractivity contribution in [3.05, 3.63) is 0 Å². The number of rotatable bonds is 5. The summed E-state index contributed by atoms with van der Waals surface area (Å²) in [4.78, 5) is 15.1. The fourth-order valence-corrected chi connectivity index (χ4v) is 5.96. The van der Waals surface area contributed by atoms with E-state index in [1.807, 2.05) is 12.0 Å². The zero-order chi connectivity index (χ0) is 20.8. The van der Waals surface area contributed by atoms with Crippen molar-refractivity contribution >= 4 is 5.91 Å². The molecule has 2 aliphatic carbocycles. The van der Waals surface area contributed by atoms with Gasteiger partial charge in [0.2, 0.25) is 5.91 Å². The van der Waals surface area contributed by atoms with Crippen LogP contribution in [0.3, 0.4) is 0 Å². The van der Waals surface area contributed by atoms with Crippen LogP contribution in [0, 0.1) is 17.8 Å². The summed E-state index contributed by atoms with van der Waals surface area (Å²) in [6, 6.07) is 0.412. The molecule has 4 fully saturated rings. The van der Waals surface area contributed by atoms with Crippen LogP contribution >= 0.6 is 0 Å². The first-order chi connectivity index (χ1) is 14.7. The molecule has 7 heteroatoms. The highest BCUT2D eigenvalue weighted by Gasteiger charge is 2.34. The van der Waals surface area contributed by atoms with Crippen molar-refractivity contribution in [3.63, 3.8) is 0 Å². The van der Waals surface area contributed by atoms with E-state index in [-0.39, 0.29) is 12.2 Å². The second-order valence-corrected chi connectivity index (χ2v) is 9.80. The van der Waals surface area contributed by atoms with E-state index in [1.54, 1.807) is 0 Å². The summed E-state index contributed by atoms with van der Waals surface area (Å²) in [5.74, 6) is 2.04. The summed E-state index contributed by atoms with van der Waals surface area (Å²) in [7, 11) is 1.84. The predicted molar refractivity (Wildman–Crippen MR) is 117 cm³/mol. The van der Waals surface area contributed by atoms with Crippen LogP contribution in [0.5, 0.6) is 0 Å². The molecule has 30 heavy (non-hydrogen) atoms. The quantitative estimate of drug-likeness (QED) is 0.626. The second kappa shape index (κ2) is 11.2. The van der Waals surface area contributed by atoms with Crippen molar-refractivity contribution in [2.24, 2.45) is 17.8 Å². The molecule has 2 atom stereocenters. The first kappa shape index (κ1) is 22.5. The summed E-state index contributed by atoms with van der Waals surface area (Å²) < 4.78 is 11.0. The fourth-order valence-electron chi connectivity index (χ4n) is 5.96. The number of nitrogens with zero attached hydrogens (tertiary/aromatic N) is 1. The third-order valence-corrected chi connectivity index (χ3v) is 7.85. The minimum absolute atomic E-state index is 0.168. The van der Waals surface area contributed by atoms with Crippen molar-refractivity contribution in [1.29, 1.82) is 0 Å². The Bertz CT molecular complexity index is 525. The molecule has 4 aliphatic rings. The lowest BCUT2D eigenvalue weighted by molar-refractivity contribution is -0.137. The predicted octanol–water partition coefficient (Wildman–Crippen LogP) is 1.68. The molecule has 0 aromatic heterocycles. The molecule has 0 spiro atoms. The van der Waals surface area contributed by atoms with Gasteiger partial charge in [-0.2, -0.15) is 0 Å². The van der Waals surface area contributed by atoms with Gasteiger partial charge in [0.05, 0.1) is 12.7 Å². The van der Waals surface area contributed by atoms with Crippen LogP contribution in [-0.2, 0) is 14.3 Å². The number of methoxy groups -OCH3 is 1. The number of hydrogen-bond donors (Lipinski definition) is 3. The van der Waals surface area contributed by atoms with E-state index in [9.17, 15) is 4.79 Å². The van der Waals surface area contributed by atoms with Crippen LogP contribution in [0.2, 0.25) is 0 Å². The second-order valence-electron chi connectivity index (χ2n) is 9.80. The van der Waals surface area contributed by atoms with Crippen molar-refractivity contribution in [2.45, 2.75) is 76.2 Å². The summed E-state index contributed by atoms with van der Waals surface area (Å²) >= 11 is 0. The minimum Gasteiger partial charge on any atom is -0.381 e. The van der Waals surface area contributed by atoms with Gasteiger partial charge in [0.1, 0.15) is 6.29 Å². The van der Waals surface area contributed by atoms with E-state index in [4.69, 9.17) is 9.47 Å². The van der Waals surface area contributed by atoms with Gasteiger partial charge in [0.25, 0.3) is 0 Å². The van der Waals surface area contributed by atoms with Gasteiger partial charge < -0.3 is 14.4 Å². The molecule has 4 rings (SSSR count). The van der Waals surface area contributed by atoms with Crippen LogP contribution in [0.25, 0.3) is 0 Å². The summed E-state index contributed by atoms with van der Waals surface area (Å²) in [5.41, 5.74) is 0. The Hall–Kier alpha value is -0.730. The average Bonchev–Trinajstić information content (AvgIpc) is 3.09. The van der Waals surface area contributed by atoms with Gasteiger partial charge in [0.15, 0.2) is 0 Å². The molecule has 0 radical (unpaired) electrons. The number of carbonyl (C=O) groups is 1. The highest BCUT2D eigenvalue weighted by atomic mass is 16.5.